The number of amides is 1. The second-order valence-corrected chi connectivity index (χ2v) is 9.66. The highest BCUT2D eigenvalue weighted by molar-refractivity contribution is 7.13. The van der Waals surface area contributed by atoms with E-state index in [1.165, 1.54) is 35.0 Å². The van der Waals surface area contributed by atoms with Crippen molar-refractivity contribution in [3.8, 4) is 10.6 Å². The first-order chi connectivity index (χ1) is 18.4. The fourth-order valence-electron chi connectivity index (χ4n) is 4.17. The number of rotatable bonds is 6. The Morgan fingerprint density at radius 2 is 2.10 bits per heavy atom. The highest BCUT2D eigenvalue weighted by atomic mass is 32.1. The molecule has 13 nitrogen and oxygen atoms in total. The van der Waals surface area contributed by atoms with Gasteiger partial charge in [0.15, 0.2) is 6.23 Å². The number of thiazole rings is 1. The Hall–Kier alpha value is -4.25. The van der Waals surface area contributed by atoms with Crippen LogP contribution in [0.2, 0.25) is 0 Å². The monoisotopic (exact) mass is 565 g/mol. The molecule has 3 aromatic heterocycles. The number of aryl methyl sites for hydroxylation is 1. The van der Waals surface area contributed by atoms with Gasteiger partial charge in [-0.25, -0.2) is 25.1 Å². The van der Waals surface area contributed by atoms with Crippen LogP contribution < -0.4 is 32.3 Å². The van der Waals surface area contributed by atoms with Crippen LogP contribution in [-0.2, 0) is 29.4 Å². The summed E-state index contributed by atoms with van der Waals surface area (Å²) in [7, 11) is 1.50. The molecular weight excluding hydrogens is 543 g/mol. The SMILES string of the molecule is Cc1ncc(-c2nc(NC(=O)CN3CNc4c3c(=O)n(CC3=NC(C)ON3)c(=O)n4C)cs2)cc1C(F)(F)F. The van der Waals surface area contributed by atoms with E-state index < -0.39 is 35.1 Å². The van der Waals surface area contributed by atoms with E-state index in [0.29, 0.717) is 5.84 Å². The van der Waals surface area contributed by atoms with Gasteiger partial charge >= 0.3 is 11.9 Å². The summed E-state index contributed by atoms with van der Waals surface area (Å²) in [5.74, 6) is 0.188. The maximum atomic E-state index is 13.3. The van der Waals surface area contributed by atoms with Gasteiger partial charge in [0.2, 0.25) is 5.91 Å². The molecule has 0 bridgehead atoms. The van der Waals surface area contributed by atoms with Crippen LogP contribution in [0, 0.1) is 6.92 Å². The number of carbonyl (C=O) groups is 1. The minimum absolute atomic E-state index is 0.0895. The van der Waals surface area contributed by atoms with Crippen LogP contribution in [0.3, 0.4) is 0 Å². The summed E-state index contributed by atoms with van der Waals surface area (Å²) in [4.78, 5) is 57.6. The van der Waals surface area contributed by atoms with Gasteiger partial charge in [0, 0.05) is 29.9 Å². The average Bonchev–Trinajstić information content (AvgIpc) is 3.60. The maximum Gasteiger partial charge on any atom is 0.418 e. The second-order valence-electron chi connectivity index (χ2n) is 8.80. The van der Waals surface area contributed by atoms with Crippen LogP contribution in [0.5, 0.6) is 0 Å². The molecule has 2 aliphatic rings. The van der Waals surface area contributed by atoms with Crippen LogP contribution in [0.25, 0.3) is 10.6 Å². The Kier molecular flexibility index (Phi) is 6.63. The molecule has 5 rings (SSSR count). The molecule has 3 N–H and O–H groups in total. The fourth-order valence-corrected chi connectivity index (χ4v) is 4.90. The third-order valence-corrected chi connectivity index (χ3v) is 6.91. The van der Waals surface area contributed by atoms with Crippen molar-refractivity contribution in [2.24, 2.45) is 12.0 Å². The van der Waals surface area contributed by atoms with Crippen molar-refractivity contribution in [1.82, 2.24) is 24.6 Å². The quantitative estimate of drug-likeness (QED) is 0.405. The Morgan fingerprint density at radius 1 is 1.33 bits per heavy atom. The summed E-state index contributed by atoms with van der Waals surface area (Å²) in [6.07, 6.45) is -3.73. The van der Waals surface area contributed by atoms with E-state index in [9.17, 15) is 27.6 Å². The lowest BCUT2D eigenvalue weighted by Gasteiger charge is -2.17. The van der Waals surface area contributed by atoms with Crippen molar-refractivity contribution in [2.45, 2.75) is 32.8 Å². The number of pyridine rings is 1. The van der Waals surface area contributed by atoms with Crippen LogP contribution in [0.1, 0.15) is 18.2 Å². The number of alkyl halides is 3. The number of aromatic nitrogens is 4. The van der Waals surface area contributed by atoms with Crippen molar-refractivity contribution < 1.29 is 22.8 Å². The molecule has 39 heavy (non-hydrogen) atoms. The van der Waals surface area contributed by atoms with Gasteiger partial charge in [-0.05, 0) is 19.9 Å². The van der Waals surface area contributed by atoms with E-state index in [-0.39, 0.29) is 53.3 Å². The number of hydrogen-bond donors (Lipinski definition) is 3. The molecule has 1 amide bonds. The molecule has 0 aromatic carbocycles. The topological polar surface area (TPSA) is 148 Å². The van der Waals surface area contributed by atoms with E-state index >= 15 is 0 Å². The summed E-state index contributed by atoms with van der Waals surface area (Å²) in [6.45, 7) is 2.65. The number of nitrogens with one attached hydrogen (secondary N) is 3. The van der Waals surface area contributed by atoms with Crippen molar-refractivity contribution >= 4 is 40.4 Å². The minimum atomic E-state index is -4.56. The normalized spacial score (nSPS) is 16.5. The number of carbonyl (C=O) groups excluding carboxylic acids is 1. The van der Waals surface area contributed by atoms with E-state index in [1.54, 1.807) is 6.92 Å². The van der Waals surface area contributed by atoms with Gasteiger partial charge in [-0.3, -0.25) is 23.7 Å². The number of halogens is 3. The molecule has 0 radical (unpaired) electrons. The van der Waals surface area contributed by atoms with E-state index in [1.807, 2.05) is 0 Å². The van der Waals surface area contributed by atoms with Crippen LogP contribution in [0.15, 0.2) is 32.2 Å². The van der Waals surface area contributed by atoms with E-state index in [0.717, 1.165) is 22.0 Å². The van der Waals surface area contributed by atoms with Crippen LogP contribution >= 0.6 is 11.3 Å². The van der Waals surface area contributed by atoms with Gasteiger partial charge in [0.05, 0.1) is 25.3 Å². The van der Waals surface area contributed by atoms with Crippen molar-refractivity contribution in [2.75, 3.05) is 28.7 Å². The van der Waals surface area contributed by atoms with Gasteiger partial charge in [-0.1, -0.05) is 0 Å². The Morgan fingerprint density at radius 3 is 2.79 bits per heavy atom. The first kappa shape index (κ1) is 26.4. The largest absolute Gasteiger partial charge is 0.418 e. The third kappa shape index (κ3) is 5.09. The second kappa shape index (κ2) is 9.81. The smallest absolute Gasteiger partial charge is 0.352 e. The van der Waals surface area contributed by atoms with E-state index in [4.69, 9.17) is 4.84 Å². The summed E-state index contributed by atoms with van der Waals surface area (Å²) in [6, 6.07) is 0.967. The van der Waals surface area contributed by atoms with Crippen molar-refractivity contribution in [3.05, 3.63) is 49.7 Å². The third-order valence-electron chi connectivity index (χ3n) is 6.02. The van der Waals surface area contributed by atoms with Crippen LogP contribution in [-0.4, -0.2) is 50.3 Å². The molecule has 3 aromatic rings. The zero-order valence-corrected chi connectivity index (χ0v) is 21.6. The standard InChI is InChI=1S/C22H22F3N9O4S/c1-10-13(22(23,24)25)4-12(5-26-10)19-30-15(8-39-19)29-16(35)7-33-9-27-18-17(33)20(36)34(21(37)32(18)3)6-14-28-11(2)38-31-14/h4-5,8,11,27H,6-7,9H2,1-3H3,(H,28,31)(H,29,35). The highest BCUT2D eigenvalue weighted by Crippen LogP contribution is 2.35. The molecule has 0 saturated heterocycles. The molecule has 0 fully saturated rings. The molecule has 5 heterocycles. The van der Waals surface area contributed by atoms with Gasteiger partial charge in [0.1, 0.15) is 28.2 Å². The zero-order chi connectivity index (χ0) is 28.1. The first-order valence-corrected chi connectivity index (χ1v) is 12.4. The highest BCUT2D eigenvalue weighted by Gasteiger charge is 2.34. The summed E-state index contributed by atoms with van der Waals surface area (Å²) >= 11 is 1.05. The molecule has 0 spiro atoms. The Bertz CT molecular complexity index is 1610. The van der Waals surface area contributed by atoms with Gasteiger partial charge in [-0.15, -0.1) is 11.3 Å². The number of anilines is 3. The number of hydroxylamine groups is 1. The molecule has 0 saturated carbocycles. The fraction of sp³-hybridized carbons (Fsp3) is 0.364. The average molecular weight is 566 g/mol. The molecule has 206 valence electrons. The number of nitrogens with zero attached hydrogens (tertiary/aromatic N) is 6. The number of aliphatic imine (C=N–C) groups is 1. The number of amidine groups is 1. The summed E-state index contributed by atoms with van der Waals surface area (Å²) in [5, 5.41) is 7.29. The van der Waals surface area contributed by atoms with Gasteiger partial charge < -0.3 is 15.5 Å². The van der Waals surface area contributed by atoms with Crippen molar-refractivity contribution in [1.29, 1.82) is 0 Å². The summed E-state index contributed by atoms with van der Waals surface area (Å²) < 4.78 is 42.0. The molecular formula is C22H22F3N9O4S. The summed E-state index contributed by atoms with van der Waals surface area (Å²) in [5.41, 5.74) is 0.673. The molecule has 1 atom stereocenters. The lowest BCUT2D eigenvalue weighted by molar-refractivity contribution is -0.138. The predicted octanol–water partition coefficient (Wildman–Crippen LogP) is 1.50. The predicted molar refractivity (Wildman–Crippen MR) is 137 cm³/mol. The van der Waals surface area contributed by atoms with Gasteiger partial charge in [0.25, 0.3) is 5.56 Å². The number of fused-ring (bicyclic) bond motifs is 1. The minimum Gasteiger partial charge on any atom is -0.352 e. The number of hydrogen-bond acceptors (Lipinski definition) is 11. The molecule has 17 heteroatoms. The lowest BCUT2D eigenvalue weighted by atomic mass is 10.1. The first-order valence-electron chi connectivity index (χ1n) is 11.5. The lowest BCUT2D eigenvalue weighted by Crippen LogP contribution is -2.44. The Labute approximate surface area is 221 Å². The van der Waals surface area contributed by atoms with Crippen molar-refractivity contribution in [3.63, 3.8) is 0 Å². The Balaban J connectivity index is 1.33. The maximum absolute atomic E-state index is 13.3. The van der Waals surface area contributed by atoms with E-state index in [2.05, 4.69) is 31.1 Å². The van der Waals surface area contributed by atoms with Gasteiger partial charge in [-0.2, -0.15) is 13.2 Å². The van der Waals surface area contributed by atoms with Crippen LogP contribution in [0.4, 0.5) is 30.5 Å². The zero-order valence-electron chi connectivity index (χ0n) is 20.8. The molecule has 1 unspecified atom stereocenters. The molecule has 2 aliphatic heterocycles. The molecule has 0 aliphatic carbocycles.